The molecule has 0 heterocycles. The van der Waals surface area contributed by atoms with Crippen LogP contribution in [0, 0.1) is 0 Å². The molecule has 0 radical (unpaired) electrons. The molecule has 0 fully saturated rings. The van der Waals surface area contributed by atoms with Gasteiger partial charge in [0.05, 0.1) is 6.54 Å². The summed E-state index contributed by atoms with van der Waals surface area (Å²) in [5, 5.41) is 7.75. The molecule has 0 aromatic heterocycles. The molecule has 0 unspecified atom stereocenters. The van der Waals surface area contributed by atoms with Crippen molar-refractivity contribution in [3.63, 3.8) is 0 Å². The molecule has 40 valence electrons. The van der Waals surface area contributed by atoms with Gasteiger partial charge in [-0.3, -0.25) is 4.79 Å². The Labute approximate surface area is 39.9 Å². The van der Waals surface area contributed by atoms with Crippen LogP contribution in [-0.4, -0.2) is 23.4 Å². The van der Waals surface area contributed by atoms with Gasteiger partial charge >= 0.3 is 5.97 Å². The zero-order valence-electron chi connectivity index (χ0n) is 3.55. The maximum absolute atomic E-state index is 9.79. The Kier molecular flexibility index (Phi) is 2.01. The van der Waals surface area contributed by atoms with Gasteiger partial charge in [0.15, 0.2) is 0 Å². The van der Waals surface area contributed by atoms with Crippen LogP contribution in [0.25, 0.3) is 0 Å². The van der Waals surface area contributed by atoms with E-state index in [0.29, 0.717) is 0 Å². The van der Waals surface area contributed by atoms with E-state index in [1.807, 2.05) is 0 Å². The number of carboxylic acids is 1. The smallest absolute Gasteiger partial charge is 0.373 e. The van der Waals surface area contributed by atoms with Gasteiger partial charge in [-0.05, 0) is 0 Å². The first-order chi connectivity index (χ1) is 3.18. The average Bonchev–Trinajstić information content (AvgIpc) is 1.65. The van der Waals surface area contributed by atoms with Gasteiger partial charge < -0.3 is 10.8 Å². The van der Waals surface area contributed by atoms with Crippen molar-refractivity contribution in [1.82, 2.24) is 0 Å². The SMILES string of the molecule is NCC(=O)C(=O)O. The van der Waals surface area contributed by atoms with E-state index in [2.05, 4.69) is 5.73 Å². The summed E-state index contributed by atoms with van der Waals surface area (Å²) in [5.41, 5.74) is 4.64. The van der Waals surface area contributed by atoms with Crippen LogP contribution in [0.3, 0.4) is 0 Å². The second kappa shape index (κ2) is 2.30. The molecule has 0 aromatic rings. The molecule has 0 aliphatic heterocycles. The highest BCUT2D eigenvalue weighted by Crippen LogP contribution is 1.62. The van der Waals surface area contributed by atoms with Crippen molar-refractivity contribution in [2.75, 3.05) is 6.54 Å². The number of carbonyl (C=O) groups is 2. The molecule has 0 rings (SSSR count). The predicted molar refractivity (Wildman–Crippen MR) is 21.7 cm³/mol. The van der Waals surface area contributed by atoms with Crippen LogP contribution in [0.1, 0.15) is 0 Å². The molecule has 3 N–H and O–H groups in total. The van der Waals surface area contributed by atoms with Crippen LogP contribution in [0.15, 0.2) is 0 Å². The van der Waals surface area contributed by atoms with Gasteiger partial charge in [-0.25, -0.2) is 4.79 Å². The largest absolute Gasteiger partial charge is 0.475 e. The van der Waals surface area contributed by atoms with E-state index in [0.717, 1.165) is 0 Å². The summed E-state index contributed by atoms with van der Waals surface area (Å²) >= 11 is 0. The van der Waals surface area contributed by atoms with Gasteiger partial charge in [-0.2, -0.15) is 0 Å². The normalized spacial score (nSPS) is 8.14. The lowest BCUT2D eigenvalue weighted by atomic mass is 10.4. The number of rotatable bonds is 2. The van der Waals surface area contributed by atoms with Crippen molar-refractivity contribution in [2.45, 2.75) is 0 Å². The topological polar surface area (TPSA) is 80.4 Å². The Morgan fingerprint density at radius 2 is 2.00 bits per heavy atom. The lowest BCUT2D eigenvalue weighted by molar-refractivity contribution is -0.148. The third-order valence-electron chi connectivity index (χ3n) is 0.424. The van der Waals surface area contributed by atoms with Crippen LogP contribution in [-0.2, 0) is 9.59 Å². The highest BCUT2D eigenvalue weighted by molar-refractivity contribution is 6.33. The molecular formula is C3H5NO3. The fraction of sp³-hybridized carbons (Fsp3) is 0.333. The summed E-state index contributed by atoms with van der Waals surface area (Å²) in [4.78, 5) is 19.3. The molecule has 0 atom stereocenters. The lowest BCUT2D eigenvalue weighted by Crippen LogP contribution is -2.22. The summed E-state index contributed by atoms with van der Waals surface area (Å²) in [6, 6.07) is 0. The number of carboxylic acid groups (broad SMARTS) is 1. The second-order valence-electron chi connectivity index (χ2n) is 0.932. The molecule has 0 aromatic carbocycles. The third-order valence-corrected chi connectivity index (χ3v) is 0.424. The van der Waals surface area contributed by atoms with Crippen LogP contribution < -0.4 is 5.73 Å². The second-order valence-corrected chi connectivity index (χ2v) is 0.932. The number of hydrogen-bond acceptors (Lipinski definition) is 3. The number of carbonyl (C=O) groups excluding carboxylic acids is 1. The zero-order valence-corrected chi connectivity index (χ0v) is 3.55. The Bertz CT molecular complexity index is 98.4. The fourth-order valence-electron chi connectivity index (χ4n) is 0.0873. The van der Waals surface area contributed by atoms with Crippen molar-refractivity contribution in [1.29, 1.82) is 0 Å². The third kappa shape index (κ3) is 1.88. The van der Waals surface area contributed by atoms with Crippen molar-refractivity contribution in [3.05, 3.63) is 0 Å². The monoisotopic (exact) mass is 103 g/mol. The molecule has 0 amide bonds. The molecule has 4 nitrogen and oxygen atoms in total. The van der Waals surface area contributed by atoms with Gasteiger partial charge in [0.1, 0.15) is 0 Å². The van der Waals surface area contributed by atoms with Gasteiger partial charge in [0.2, 0.25) is 0 Å². The molecule has 7 heavy (non-hydrogen) atoms. The molecule has 0 bridgehead atoms. The Morgan fingerprint density at radius 3 is 2.00 bits per heavy atom. The number of ketones is 1. The molecular weight excluding hydrogens is 98.0 g/mol. The molecule has 0 spiro atoms. The molecule has 0 aliphatic carbocycles. The van der Waals surface area contributed by atoms with Crippen LogP contribution in [0.4, 0.5) is 0 Å². The molecule has 0 aliphatic rings. The first-order valence-electron chi connectivity index (χ1n) is 1.64. The minimum Gasteiger partial charge on any atom is -0.475 e. The first kappa shape index (κ1) is 6.10. The summed E-state index contributed by atoms with van der Waals surface area (Å²) in [6.07, 6.45) is 0. The standard InChI is InChI=1S/C3H5NO3/c4-1-2(5)3(6)7/h1,4H2,(H,6,7). The average molecular weight is 103 g/mol. The summed E-state index contributed by atoms with van der Waals surface area (Å²) in [7, 11) is 0. The van der Waals surface area contributed by atoms with Gasteiger partial charge in [0.25, 0.3) is 5.78 Å². The van der Waals surface area contributed by atoms with E-state index in [4.69, 9.17) is 5.11 Å². The van der Waals surface area contributed by atoms with Crippen molar-refractivity contribution < 1.29 is 14.7 Å². The van der Waals surface area contributed by atoms with E-state index in [1.54, 1.807) is 0 Å². The maximum atomic E-state index is 9.79. The maximum Gasteiger partial charge on any atom is 0.373 e. The Morgan fingerprint density at radius 1 is 1.57 bits per heavy atom. The van der Waals surface area contributed by atoms with Crippen LogP contribution in [0.2, 0.25) is 0 Å². The van der Waals surface area contributed by atoms with Gasteiger partial charge in [0, 0.05) is 0 Å². The number of nitrogens with two attached hydrogens (primary N) is 1. The molecule has 0 saturated carbocycles. The number of hydrogen-bond donors (Lipinski definition) is 2. The van der Waals surface area contributed by atoms with E-state index < -0.39 is 18.3 Å². The Balaban J connectivity index is 3.58. The predicted octanol–water partition coefficient (Wildman–Crippen LogP) is -1.40. The van der Waals surface area contributed by atoms with E-state index in [-0.39, 0.29) is 0 Å². The summed E-state index contributed by atoms with van der Waals surface area (Å²) in [5.74, 6) is -2.43. The highest BCUT2D eigenvalue weighted by Gasteiger charge is 2.05. The number of Topliss-reactive ketones (excluding diaryl/α,β-unsaturated/α-hetero) is 1. The zero-order chi connectivity index (χ0) is 5.86. The summed E-state index contributed by atoms with van der Waals surface area (Å²) < 4.78 is 0. The molecule has 4 heteroatoms. The summed E-state index contributed by atoms with van der Waals surface area (Å²) in [6.45, 7) is -0.421. The highest BCUT2D eigenvalue weighted by atomic mass is 16.4. The lowest BCUT2D eigenvalue weighted by Gasteiger charge is -1.81. The Hall–Kier alpha value is -0.900. The van der Waals surface area contributed by atoms with E-state index in [9.17, 15) is 9.59 Å². The fourth-order valence-corrected chi connectivity index (χ4v) is 0.0873. The van der Waals surface area contributed by atoms with Gasteiger partial charge in [-0.1, -0.05) is 0 Å². The van der Waals surface area contributed by atoms with Crippen molar-refractivity contribution in [3.8, 4) is 0 Å². The minimum absolute atomic E-state index is 0.421. The molecule has 0 saturated heterocycles. The van der Waals surface area contributed by atoms with Crippen molar-refractivity contribution in [2.24, 2.45) is 5.73 Å². The number of aliphatic carboxylic acids is 1. The quantitative estimate of drug-likeness (QED) is 0.421. The van der Waals surface area contributed by atoms with Crippen LogP contribution in [0.5, 0.6) is 0 Å². The minimum atomic E-state index is -1.47. The van der Waals surface area contributed by atoms with Gasteiger partial charge in [-0.15, -0.1) is 0 Å². The van der Waals surface area contributed by atoms with E-state index in [1.165, 1.54) is 0 Å². The van der Waals surface area contributed by atoms with E-state index >= 15 is 0 Å². The first-order valence-corrected chi connectivity index (χ1v) is 1.64. The van der Waals surface area contributed by atoms with Crippen LogP contribution >= 0.6 is 0 Å². The van der Waals surface area contributed by atoms with Crippen molar-refractivity contribution >= 4 is 11.8 Å².